The fraction of sp³-hybridized carbons (Fsp3) is 0.206. The normalized spacial score (nSPS) is 20.2. The van der Waals surface area contributed by atoms with Crippen molar-refractivity contribution in [2.45, 2.75) is 126 Å². The standard InChI is InChI=1S/C71H68Cl2N4.C65H58N4S2/c1-68(2)56-42-52(72)35-39-58(56)74(7)62(68)21-15-23-64-70(5,66-54-19-13-11-17-50(54)33-37-60(66)76(64)9)44-48-29-25-46(26-30-48)41-47-27-31-49(32-28-47)45-71(6)65(77(10)61-38-34-51-18-12-14-20-55(51)67(61)71)24-16-22-63-69(3,4)57-43-53(73)36-40-59(57)75(63)8;1-64(58(25-15-27-60-68(5)52-21-11-13-23-56(52)70-60)66(3)54-39-37-48-17-7-9-19-50(48)62(54)64)42-46-33-29-44(30-34-46)41-45-31-35-47(36-32-45)43-65(2)59(26-16-28-61-69(6)53-22-12-14-24-57(53)71-61)67(4)55-40-38-49-18-8-10-20-51(49)63(55)65/h11-40,42-43H,41,44-45H2,1-10H3;7-40H,41-43H2,1-6H3/q2*+2. The average Bonchev–Trinajstić information content (AvgIpc) is 1.57. The zero-order valence-electron chi connectivity index (χ0n) is 87.5. The van der Waals surface area contributed by atoms with Crippen molar-refractivity contribution in [1.82, 2.24) is 0 Å². The molecule has 148 heavy (non-hydrogen) atoms. The van der Waals surface area contributed by atoms with Crippen molar-refractivity contribution in [1.29, 1.82) is 0 Å². The highest BCUT2D eigenvalue weighted by Gasteiger charge is 2.50. The number of hydrogen-bond donors (Lipinski definition) is 0. The van der Waals surface area contributed by atoms with Crippen LogP contribution in [-0.2, 0) is 85.1 Å². The molecule has 0 fully saturated rings. The Morgan fingerprint density at radius 3 is 0.804 bits per heavy atom. The second-order valence-electron chi connectivity index (χ2n) is 43.7. The summed E-state index contributed by atoms with van der Waals surface area (Å²) in [5, 5.41) is 14.4. The molecular formula is C136H126Cl2N8S2+4. The fourth-order valence-corrected chi connectivity index (χ4v) is 28.6. The SMILES string of the molecule is CN1C(=CC=CC2=[N+](C)c3ccc(Cl)cc3C2(C)C)C(C)(Cc2ccc(Cc3ccc(CC4(C)C(=CC=CC5=[N+](C)c6ccc(Cl)cc6C5(C)C)N(C)c5ccc6ccccc6c54)cc3)cc2)c2c1ccc1ccccc21.CN1C(=CC=Cc2sc3ccccc3[n+]2C)C(C)(Cc2ccc(Cc3ccc(CC4(C)C(=CC=Cc5sc6ccccc6[n+]5C)N(C)c5ccc6ccccc6c54)cc3)cc2)c2c1ccc1ccccc21. The van der Waals surface area contributed by atoms with Gasteiger partial charge in [0, 0.05) is 165 Å². The van der Waals surface area contributed by atoms with Crippen molar-refractivity contribution < 1.29 is 18.3 Å². The highest BCUT2D eigenvalue weighted by Crippen LogP contribution is 2.58. The zero-order valence-corrected chi connectivity index (χ0v) is 90.6. The van der Waals surface area contributed by atoms with Crippen LogP contribution in [0, 0.1) is 0 Å². The second-order valence-corrected chi connectivity index (χ2v) is 46.7. The number of nitrogens with zero attached hydrogens (tertiary/aromatic N) is 8. The van der Waals surface area contributed by atoms with E-state index in [-0.39, 0.29) is 32.5 Å². The Hall–Kier alpha value is -14.6. The first-order valence-electron chi connectivity index (χ1n) is 51.9. The van der Waals surface area contributed by atoms with Crippen molar-refractivity contribution >= 4 is 167 Å². The number of rotatable bonds is 20. The number of anilines is 4. The summed E-state index contributed by atoms with van der Waals surface area (Å²) in [5.41, 5.74) is 35.0. The molecule has 16 aromatic carbocycles. The molecule has 0 aliphatic carbocycles. The Balaban J connectivity index is 0.000000163. The van der Waals surface area contributed by atoms with Crippen LogP contribution in [0.5, 0.6) is 0 Å². The summed E-state index contributed by atoms with van der Waals surface area (Å²) < 4.78 is 11.8. The van der Waals surface area contributed by atoms with Crippen LogP contribution >= 0.6 is 45.9 Å². The predicted molar refractivity (Wildman–Crippen MR) is 630 cm³/mol. The van der Waals surface area contributed by atoms with Gasteiger partial charge in [-0.3, -0.25) is 0 Å². The molecule has 18 aromatic rings. The number of likely N-dealkylation sites (N-methyl/N-ethyl adjacent to an activating group) is 4. The monoisotopic (exact) mass is 2000 g/mol. The Bertz CT molecular complexity index is 8290. The molecule has 12 heteroatoms. The number of aromatic nitrogens is 2. The first kappa shape index (κ1) is 96.8. The molecule has 0 saturated carbocycles. The molecule has 4 atom stereocenters. The molecule has 0 bridgehead atoms. The Morgan fingerprint density at radius 1 is 0.277 bits per heavy atom. The smallest absolute Gasteiger partial charge is 0.262 e. The zero-order chi connectivity index (χ0) is 102. The molecule has 6 aliphatic rings. The van der Waals surface area contributed by atoms with Crippen LogP contribution in [0.1, 0.15) is 143 Å². The maximum atomic E-state index is 6.52. The lowest BCUT2D eigenvalue weighted by molar-refractivity contribution is -0.642. The van der Waals surface area contributed by atoms with Gasteiger partial charge in [-0.1, -0.05) is 313 Å². The van der Waals surface area contributed by atoms with Crippen molar-refractivity contribution in [2.75, 3.05) is 61.9 Å². The Labute approximate surface area is 889 Å². The van der Waals surface area contributed by atoms with Gasteiger partial charge in [0.05, 0.1) is 10.8 Å². The first-order chi connectivity index (χ1) is 71.4. The molecule has 2 aromatic heterocycles. The molecule has 24 rings (SSSR count). The van der Waals surface area contributed by atoms with Gasteiger partial charge in [0.2, 0.25) is 22.4 Å². The summed E-state index contributed by atoms with van der Waals surface area (Å²) in [4.78, 5) is 9.67. The third kappa shape index (κ3) is 16.7. The Morgan fingerprint density at radius 2 is 0.527 bits per heavy atom. The minimum atomic E-state index is -0.280. The number of para-hydroxylation sites is 2. The average molecular weight is 2010 g/mol. The molecule has 6 aliphatic heterocycles. The van der Waals surface area contributed by atoms with E-state index >= 15 is 0 Å². The lowest BCUT2D eigenvalue weighted by Crippen LogP contribution is -2.29. The molecular weight excluding hydrogens is 1880 g/mol. The topological polar surface area (TPSA) is 26.7 Å². The summed E-state index contributed by atoms with van der Waals surface area (Å²) in [6.07, 6.45) is 32.9. The number of fused-ring (bicyclic) bond motifs is 16. The molecule has 8 heterocycles. The van der Waals surface area contributed by atoms with Crippen molar-refractivity contribution in [3.05, 3.63) is 509 Å². The molecule has 0 saturated heterocycles. The van der Waals surface area contributed by atoms with Gasteiger partial charge in [0.15, 0.2) is 11.4 Å². The number of hydrogen-bond acceptors (Lipinski definition) is 6. The van der Waals surface area contributed by atoms with E-state index < -0.39 is 0 Å². The van der Waals surface area contributed by atoms with E-state index in [4.69, 9.17) is 23.2 Å². The van der Waals surface area contributed by atoms with E-state index in [1.165, 1.54) is 220 Å². The van der Waals surface area contributed by atoms with Crippen molar-refractivity contribution in [2.24, 2.45) is 14.1 Å². The van der Waals surface area contributed by atoms with Gasteiger partial charge in [-0.25, -0.2) is 0 Å². The third-order valence-electron chi connectivity index (χ3n) is 33.7. The van der Waals surface area contributed by atoms with E-state index in [9.17, 15) is 0 Å². The summed E-state index contributed by atoms with van der Waals surface area (Å²) in [5.74, 6) is 0. The number of aryl methyl sites for hydroxylation is 2. The first-order valence-corrected chi connectivity index (χ1v) is 54.3. The van der Waals surface area contributed by atoms with Gasteiger partial charge in [-0.15, -0.1) is 0 Å². The van der Waals surface area contributed by atoms with Crippen LogP contribution < -0.4 is 28.7 Å². The quantitative estimate of drug-likeness (QED) is 0.0711. The van der Waals surface area contributed by atoms with Crippen LogP contribution in [-0.4, -0.2) is 62.9 Å². The number of halogens is 2. The van der Waals surface area contributed by atoms with Crippen LogP contribution in [0.15, 0.2) is 411 Å². The van der Waals surface area contributed by atoms with E-state index in [2.05, 4.69) is 538 Å². The minimum absolute atomic E-state index is 0.180. The number of thiazole rings is 2. The summed E-state index contributed by atoms with van der Waals surface area (Å²) in [6, 6.07) is 121. The molecule has 0 N–H and O–H groups in total. The summed E-state index contributed by atoms with van der Waals surface area (Å²) >= 11 is 16.7. The van der Waals surface area contributed by atoms with Crippen LogP contribution in [0.2, 0.25) is 10.0 Å². The van der Waals surface area contributed by atoms with Crippen LogP contribution in [0.25, 0.3) is 75.7 Å². The van der Waals surface area contributed by atoms with Crippen molar-refractivity contribution in [3.63, 3.8) is 0 Å². The molecule has 0 spiro atoms. The third-order valence-corrected chi connectivity index (χ3v) is 36.5. The van der Waals surface area contributed by atoms with Crippen molar-refractivity contribution in [3.8, 4) is 0 Å². The maximum Gasteiger partial charge on any atom is 0.262 e. The van der Waals surface area contributed by atoms with Gasteiger partial charge in [-0.05, 0) is 289 Å². The molecule has 0 radical (unpaired) electrons. The minimum Gasteiger partial charge on any atom is -0.347 e. The largest absolute Gasteiger partial charge is 0.347 e. The van der Waals surface area contributed by atoms with Crippen LogP contribution in [0.3, 0.4) is 0 Å². The maximum absolute atomic E-state index is 6.52. The molecule has 732 valence electrons. The summed E-state index contributed by atoms with van der Waals surface area (Å²) in [7, 11) is 17.6. The van der Waals surface area contributed by atoms with Gasteiger partial charge in [0.1, 0.15) is 37.6 Å². The lowest BCUT2D eigenvalue weighted by atomic mass is 9.74. The number of allylic oxidation sites excluding steroid dienone is 14. The highest BCUT2D eigenvalue weighted by molar-refractivity contribution is 7.19. The second kappa shape index (κ2) is 37.9. The summed E-state index contributed by atoms with van der Waals surface area (Å²) in [6.45, 7) is 19.0. The van der Waals surface area contributed by atoms with E-state index in [0.717, 1.165) is 48.6 Å². The Kier molecular flexibility index (Phi) is 24.8. The van der Waals surface area contributed by atoms with Crippen LogP contribution in [0.4, 0.5) is 34.1 Å². The molecule has 0 amide bonds. The fourth-order valence-electron chi connectivity index (χ4n) is 26.1. The van der Waals surface area contributed by atoms with E-state index in [1.54, 1.807) is 0 Å². The lowest BCUT2D eigenvalue weighted by Gasteiger charge is -2.30. The highest BCUT2D eigenvalue weighted by atomic mass is 35.5. The van der Waals surface area contributed by atoms with Gasteiger partial charge in [0.25, 0.3) is 10.0 Å². The molecule has 8 nitrogen and oxygen atoms in total. The van der Waals surface area contributed by atoms with E-state index in [0.29, 0.717) is 0 Å². The van der Waals surface area contributed by atoms with Gasteiger partial charge >= 0.3 is 0 Å². The van der Waals surface area contributed by atoms with E-state index in [1.807, 2.05) is 34.8 Å². The van der Waals surface area contributed by atoms with Gasteiger partial charge < -0.3 is 19.6 Å². The number of benzene rings is 16. The van der Waals surface area contributed by atoms with Gasteiger partial charge in [-0.2, -0.15) is 18.3 Å². The molecule has 4 unspecified atom stereocenters. The predicted octanol–water partition coefficient (Wildman–Crippen LogP) is 31.8.